The Morgan fingerprint density at radius 3 is 2.09 bits per heavy atom. The minimum Gasteiger partial charge on any atom is -0.343 e. The Kier molecular flexibility index (Phi) is 4.94. The Balaban J connectivity index is 1.96. The van der Waals surface area contributed by atoms with E-state index < -0.39 is 0 Å². The third kappa shape index (κ3) is 3.73. The third-order valence-corrected chi connectivity index (χ3v) is 3.54. The number of hydrogen-bond acceptors (Lipinski definition) is 2. The molecule has 0 fully saturated rings. The van der Waals surface area contributed by atoms with Gasteiger partial charge < -0.3 is 10.6 Å². The molecule has 4 heteroatoms. The maximum Gasteiger partial charge on any atom is 0.251 e. The summed E-state index contributed by atoms with van der Waals surface area (Å²) in [5, 5.41) is 5.49. The first-order valence-corrected chi connectivity index (χ1v) is 7.19. The van der Waals surface area contributed by atoms with Gasteiger partial charge in [-0.3, -0.25) is 9.59 Å². The van der Waals surface area contributed by atoms with Crippen LogP contribution in [0.2, 0.25) is 0 Å². The van der Waals surface area contributed by atoms with Crippen molar-refractivity contribution >= 4 is 17.5 Å². The number of aryl methyl sites for hydroxylation is 3. The maximum absolute atomic E-state index is 12.1. The molecule has 0 bridgehead atoms. The number of anilines is 1. The van der Waals surface area contributed by atoms with Crippen LogP contribution in [0.5, 0.6) is 0 Å². The molecular formula is C18H20N2O2. The monoisotopic (exact) mass is 296 g/mol. The number of rotatable bonds is 4. The zero-order chi connectivity index (χ0) is 16.1. The highest BCUT2D eigenvalue weighted by Crippen LogP contribution is 2.19. The molecule has 0 radical (unpaired) electrons. The van der Waals surface area contributed by atoms with Crippen molar-refractivity contribution in [3.8, 4) is 0 Å². The van der Waals surface area contributed by atoms with E-state index in [0.29, 0.717) is 5.56 Å². The summed E-state index contributed by atoms with van der Waals surface area (Å²) < 4.78 is 0. The molecule has 4 nitrogen and oxygen atoms in total. The van der Waals surface area contributed by atoms with Gasteiger partial charge in [0, 0.05) is 11.3 Å². The van der Waals surface area contributed by atoms with Crippen molar-refractivity contribution in [1.82, 2.24) is 5.32 Å². The fourth-order valence-electron chi connectivity index (χ4n) is 2.28. The molecule has 114 valence electrons. The lowest BCUT2D eigenvalue weighted by Crippen LogP contribution is -2.33. The van der Waals surface area contributed by atoms with E-state index in [2.05, 4.69) is 10.6 Å². The standard InChI is InChI=1S/C18H20N2O2/c1-12-7-4-5-10-15(12)18(22)19-11-16(21)20-17-13(2)8-6-9-14(17)3/h4-10H,11H2,1-3H3,(H,19,22)(H,20,21). The van der Waals surface area contributed by atoms with Crippen LogP contribution in [0.25, 0.3) is 0 Å². The molecule has 0 heterocycles. The van der Waals surface area contributed by atoms with Gasteiger partial charge in [0.05, 0.1) is 6.54 Å². The molecule has 0 unspecified atom stereocenters. The van der Waals surface area contributed by atoms with Crippen molar-refractivity contribution in [3.63, 3.8) is 0 Å². The Hall–Kier alpha value is -2.62. The fraction of sp³-hybridized carbons (Fsp3) is 0.222. The number of para-hydroxylation sites is 1. The van der Waals surface area contributed by atoms with E-state index in [-0.39, 0.29) is 18.4 Å². The van der Waals surface area contributed by atoms with Crippen LogP contribution in [0.1, 0.15) is 27.0 Å². The summed E-state index contributed by atoms with van der Waals surface area (Å²) in [7, 11) is 0. The average Bonchev–Trinajstić information content (AvgIpc) is 2.49. The summed E-state index contributed by atoms with van der Waals surface area (Å²) in [6.07, 6.45) is 0. The van der Waals surface area contributed by atoms with E-state index in [1.165, 1.54) is 0 Å². The second kappa shape index (κ2) is 6.89. The van der Waals surface area contributed by atoms with Crippen LogP contribution in [-0.2, 0) is 4.79 Å². The Labute approximate surface area is 130 Å². The van der Waals surface area contributed by atoms with Crippen LogP contribution in [0.15, 0.2) is 42.5 Å². The molecule has 2 amide bonds. The van der Waals surface area contributed by atoms with Gasteiger partial charge >= 0.3 is 0 Å². The summed E-state index contributed by atoms with van der Waals surface area (Å²) in [6.45, 7) is 5.69. The van der Waals surface area contributed by atoms with Crippen LogP contribution in [0, 0.1) is 20.8 Å². The lowest BCUT2D eigenvalue weighted by atomic mass is 10.1. The van der Waals surface area contributed by atoms with Gasteiger partial charge in [-0.15, -0.1) is 0 Å². The van der Waals surface area contributed by atoms with E-state index in [1.54, 1.807) is 12.1 Å². The van der Waals surface area contributed by atoms with Crippen molar-refractivity contribution < 1.29 is 9.59 Å². The van der Waals surface area contributed by atoms with Gasteiger partial charge in [-0.2, -0.15) is 0 Å². The average molecular weight is 296 g/mol. The van der Waals surface area contributed by atoms with Gasteiger partial charge in [0.1, 0.15) is 0 Å². The van der Waals surface area contributed by atoms with Crippen LogP contribution >= 0.6 is 0 Å². The highest BCUT2D eigenvalue weighted by molar-refractivity contribution is 6.00. The zero-order valence-corrected chi connectivity index (χ0v) is 13.1. The maximum atomic E-state index is 12.1. The third-order valence-electron chi connectivity index (χ3n) is 3.54. The number of hydrogen-bond donors (Lipinski definition) is 2. The van der Waals surface area contributed by atoms with Crippen molar-refractivity contribution in [3.05, 3.63) is 64.7 Å². The number of nitrogens with one attached hydrogen (secondary N) is 2. The predicted octanol–water partition coefficient (Wildman–Crippen LogP) is 2.98. The molecular weight excluding hydrogens is 276 g/mol. The minimum atomic E-state index is -0.241. The van der Waals surface area contributed by atoms with Gasteiger partial charge in [0.2, 0.25) is 5.91 Å². The molecule has 0 aromatic heterocycles. The van der Waals surface area contributed by atoms with E-state index >= 15 is 0 Å². The summed E-state index contributed by atoms with van der Waals surface area (Å²) in [6, 6.07) is 13.1. The summed E-state index contributed by atoms with van der Waals surface area (Å²) in [5.74, 6) is -0.478. The molecule has 2 aromatic carbocycles. The second-order valence-electron chi connectivity index (χ2n) is 5.31. The van der Waals surface area contributed by atoms with Crippen LogP contribution in [0.3, 0.4) is 0 Å². The zero-order valence-electron chi connectivity index (χ0n) is 13.1. The highest BCUT2D eigenvalue weighted by atomic mass is 16.2. The van der Waals surface area contributed by atoms with Crippen LogP contribution in [-0.4, -0.2) is 18.4 Å². The molecule has 0 aliphatic rings. The van der Waals surface area contributed by atoms with Crippen molar-refractivity contribution in [2.24, 2.45) is 0 Å². The van der Waals surface area contributed by atoms with Crippen molar-refractivity contribution in [1.29, 1.82) is 0 Å². The molecule has 2 N–H and O–H groups in total. The largest absolute Gasteiger partial charge is 0.343 e. The topological polar surface area (TPSA) is 58.2 Å². The SMILES string of the molecule is Cc1ccccc1C(=O)NCC(=O)Nc1c(C)cccc1C. The summed E-state index contributed by atoms with van der Waals surface area (Å²) in [4.78, 5) is 24.1. The Bertz CT molecular complexity index is 688. The van der Waals surface area contributed by atoms with Crippen LogP contribution < -0.4 is 10.6 Å². The molecule has 0 aliphatic carbocycles. The lowest BCUT2D eigenvalue weighted by Gasteiger charge is -2.12. The van der Waals surface area contributed by atoms with E-state index in [9.17, 15) is 9.59 Å². The highest BCUT2D eigenvalue weighted by Gasteiger charge is 2.11. The number of carbonyl (C=O) groups is 2. The van der Waals surface area contributed by atoms with Gasteiger partial charge in [0.25, 0.3) is 5.91 Å². The molecule has 0 saturated heterocycles. The lowest BCUT2D eigenvalue weighted by molar-refractivity contribution is -0.115. The van der Waals surface area contributed by atoms with Crippen molar-refractivity contribution in [2.45, 2.75) is 20.8 Å². The number of amides is 2. The Morgan fingerprint density at radius 1 is 0.864 bits per heavy atom. The second-order valence-corrected chi connectivity index (χ2v) is 5.31. The quantitative estimate of drug-likeness (QED) is 0.911. The van der Waals surface area contributed by atoms with Gasteiger partial charge in [0.15, 0.2) is 0 Å². The first-order valence-electron chi connectivity index (χ1n) is 7.19. The molecule has 2 rings (SSSR count). The summed E-state index contributed by atoms with van der Waals surface area (Å²) in [5.41, 5.74) is 4.27. The number of benzene rings is 2. The first-order chi connectivity index (χ1) is 10.5. The predicted molar refractivity (Wildman–Crippen MR) is 88.1 cm³/mol. The molecule has 0 aliphatic heterocycles. The minimum absolute atomic E-state index is 0.0546. The van der Waals surface area contributed by atoms with Crippen molar-refractivity contribution in [2.75, 3.05) is 11.9 Å². The van der Waals surface area contributed by atoms with E-state index in [4.69, 9.17) is 0 Å². The summed E-state index contributed by atoms with van der Waals surface area (Å²) >= 11 is 0. The molecule has 0 saturated carbocycles. The molecule has 0 atom stereocenters. The van der Waals surface area contributed by atoms with Gasteiger partial charge in [-0.05, 0) is 43.5 Å². The van der Waals surface area contributed by atoms with Crippen LogP contribution in [0.4, 0.5) is 5.69 Å². The number of carbonyl (C=O) groups excluding carboxylic acids is 2. The molecule has 0 spiro atoms. The normalized spacial score (nSPS) is 10.1. The Morgan fingerprint density at radius 2 is 1.45 bits per heavy atom. The van der Waals surface area contributed by atoms with E-state index in [1.807, 2.05) is 51.1 Å². The molecule has 22 heavy (non-hydrogen) atoms. The van der Waals surface area contributed by atoms with Gasteiger partial charge in [-0.1, -0.05) is 36.4 Å². The van der Waals surface area contributed by atoms with Gasteiger partial charge in [-0.25, -0.2) is 0 Å². The molecule has 2 aromatic rings. The fourth-order valence-corrected chi connectivity index (χ4v) is 2.28. The first kappa shape index (κ1) is 15.8. The van der Waals surface area contributed by atoms with E-state index in [0.717, 1.165) is 22.4 Å². The smallest absolute Gasteiger partial charge is 0.251 e.